The number of thioether (sulfide) groups is 2. The van der Waals surface area contributed by atoms with E-state index in [2.05, 4.69) is 41.3 Å². The molecule has 6 rings (SSSR count). The maximum absolute atomic E-state index is 13.9. The van der Waals surface area contributed by atoms with Crippen LogP contribution in [0.5, 0.6) is 0 Å². The van der Waals surface area contributed by atoms with Crippen molar-refractivity contribution in [2.24, 2.45) is 9.98 Å². The number of anilines is 2. The van der Waals surface area contributed by atoms with Crippen LogP contribution < -0.4 is 20.4 Å². The number of hydrogen-bond acceptors (Lipinski definition) is 15. The van der Waals surface area contributed by atoms with Gasteiger partial charge < -0.3 is 29.9 Å². The highest BCUT2D eigenvalue weighted by Crippen LogP contribution is 2.43. The van der Waals surface area contributed by atoms with Crippen molar-refractivity contribution >= 4 is 57.8 Å². The molecule has 2 heterocycles. The van der Waals surface area contributed by atoms with Crippen LogP contribution in [0.15, 0.2) is 142 Å². The van der Waals surface area contributed by atoms with E-state index in [0.717, 1.165) is 133 Å². The lowest BCUT2D eigenvalue weighted by Crippen LogP contribution is -2.38. The fourth-order valence-corrected chi connectivity index (χ4v) is 13.0. The van der Waals surface area contributed by atoms with Crippen molar-refractivity contribution in [1.82, 2.24) is 15.5 Å². The number of carbonyl (C=O) groups is 2. The molecule has 0 aliphatic carbocycles. The second kappa shape index (κ2) is 38.2. The van der Waals surface area contributed by atoms with Gasteiger partial charge in [0.1, 0.15) is 17.9 Å². The summed E-state index contributed by atoms with van der Waals surface area (Å²) in [6.07, 6.45) is 9.81. The Labute approximate surface area is 542 Å². The van der Waals surface area contributed by atoms with Crippen LogP contribution in [0.1, 0.15) is 169 Å². The number of rotatable bonds is 38. The van der Waals surface area contributed by atoms with Gasteiger partial charge >= 0.3 is 24.3 Å². The van der Waals surface area contributed by atoms with Gasteiger partial charge in [0.25, 0.3) is 0 Å². The summed E-state index contributed by atoms with van der Waals surface area (Å²) in [5, 5.41) is 26.5. The molecule has 0 amide bonds. The smallest absolute Gasteiger partial charge is 0.416 e. The lowest BCUT2D eigenvalue weighted by atomic mass is 9.94. The number of ether oxygens (including phenoxy) is 2. The first-order chi connectivity index (χ1) is 43.9. The molecule has 21 heteroatoms. The molecule has 2 unspecified atom stereocenters. The molecule has 0 bridgehead atoms. The van der Waals surface area contributed by atoms with Crippen LogP contribution in [-0.4, -0.2) is 98.0 Å². The number of amidine groups is 2. The number of aliphatic imine (C=N–C) groups is 2. The highest BCUT2D eigenvalue weighted by molar-refractivity contribution is 8.14. The van der Waals surface area contributed by atoms with E-state index in [4.69, 9.17) is 19.5 Å². The van der Waals surface area contributed by atoms with Crippen molar-refractivity contribution < 1.29 is 45.4 Å². The number of unbranched alkanes of at least 4 members (excludes halogenated alkanes) is 14. The van der Waals surface area contributed by atoms with E-state index in [1.807, 2.05) is 0 Å². The number of hydrogen-bond donors (Lipinski definition) is 2. The van der Waals surface area contributed by atoms with Crippen molar-refractivity contribution in [3.05, 3.63) is 166 Å². The van der Waals surface area contributed by atoms with E-state index in [-0.39, 0.29) is 29.1 Å². The van der Waals surface area contributed by atoms with Gasteiger partial charge in [-0.3, -0.25) is 9.89 Å². The summed E-state index contributed by atoms with van der Waals surface area (Å²) in [5.41, 5.74) is 2.33. The Balaban J connectivity index is 0.781. The van der Waals surface area contributed by atoms with Crippen molar-refractivity contribution in [2.75, 3.05) is 80.0 Å². The van der Waals surface area contributed by atoms with E-state index in [1.54, 1.807) is 103 Å². The van der Waals surface area contributed by atoms with Crippen molar-refractivity contribution in [1.29, 1.82) is 10.5 Å². The Kier molecular flexibility index (Phi) is 30.7. The number of nitriles is 2. The van der Waals surface area contributed by atoms with Crippen LogP contribution in [0, 0.1) is 22.7 Å². The molecule has 490 valence electrons. The minimum Gasteiger partial charge on any atom is -0.463 e. The SMILES string of the molecule is C=COC(=O)C1=C(C)N(c2cccc(C(F)(F)F)c2)C(CSCCCCCCCCCCNCCN(C)CCNCCCCCCCCCCSC2=NC(c3ccc(C#N)cc3)C(C(=O)OCC)=C(C)N2c2cccc(C(F)(F)F)c2)=NC1c1ccc(C#N)cc1. The third-order valence-electron chi connectivity index (χ3n) is 15.9. The zero-order valence-corrected chi connectivity index (χ0v) is 54.5. The third-order valence-corrected chi connectivity index (χ3v) is 18.0. The number of likely N-dealkylation sites (N-methyl/N-ethyl adjacent to an activating group) is 1. The first-order valence-electron chi connectivity index (χ1n) is 31.7. The van der Waals surface area contributed by atoms with Gasteiger partial charge in [0.15, 0.2) is 5.17 Å². The van der Waals surface area contributed by atoms with Gasteiger partial charge in [0, 0.05) is 54.7 Å². The highest BCUT2D eigenvalue weighted by Gasteiger charge is 2.39. The summed E-state index contributed by atoms with van der Waals surface area (Å²) in [5.74, 6) is 1.15. The van der Waals surface area contributed by atoms with Crippen molar-refractivity contribution in [3.63, 3.8) is 0 Å². The summed E-state index contributed by atoms with van der Waals surface area (Å²) >= 11 is 3.12. The van der Waals surface area contributed by atoms with E-state index >= 15 is 0 Å². The average Bonchev–Trinajstić information content (AvgIpc) is 1.03. The molecule has 2 aliphatic rings. The van der Waals surface area contributed by atoms with Crippen LogP contribution in [-0.2, 0) is 31.4 Å². The van der Waals surface area contributed by atoms with Gasteiger partial charge in [-0.05, 0) is 144 Å². The van der Waals surface area contributed by atoms with E-state index < -0.39 is 47.5 Å². The van der Waals surface area contributed by atoms with Gasteiger partial charge in [-0.1, -0.05) is 132 Å². The highest BCUT2D eigenvalue weighted by atomic mass is 32.2. The molecular weight excluding hydrogens is 1210 g/mol. The first kappa shape index (κ1) is 73.2. The maximum atomic E-state index is 13.9. The number of halogens is 6. The lowest BCUT2D eigenvalue weighted by Gasteiger charge is -2.35. The Hall–Kier alpha value is -6.88. The minimum atomic E-state index is -4.57. The van der Waals surface area contributed by atoms with Crippen LogP contribution >= 0.6 is 23.5 Å². The molecular formula is C70H87F6N9O4S2. The molecule has 13 nitrogen and oxygen atoms in total. The van der Waals surface area contributed by atoms with Crippen LogP contribution in [0.2, 0.25) is 0 Å². The van der Waals surface area contributed by atoms with Crippen molar-refractivity contribution in [2.45, 2.75) is 148 Å². The molecule has 0 aromatic heterocycles. The molecule has 2 aliphatic heterocycles. The topological polar surface area (TPSA) is 159 Å². The number of benzene rings is 4. The summed E-state index contributed by atoms with van der Waals surface area (Å²) in [4.78, 5) is 42.5. The number of carbonyl (C=O) groups excluding carboxylic acids is 2. The molecule has 0 saturated heterocycles. The van der Waals surface area contributed by atoms with E-state index in [1.165, 1.54) is 68.8 Å². The number of nitrogens with one attached hydrogen (secondary N) is 2. The summed E-state index contributed by atoms with van der Waals surface area (Å²) in [7, 11) is 2.16. The largest absolute Gasteiger partial charge is 0.463 e. The predicted molar refractivity (Wildman–Crippen MR) is 356 cm³/mol. The number of nitrogens with zero attached hydrogens (tertiary/aromatic N) is 7. The van der Waals surface area contributed by atoms with Gasteiger partial charge in [-0.25, -0.2) is 14.6 Å². The monoisotopic (exact) mass is 1300 g/mol. The Morgan fingerprint density at radius 3 is 1.53 bits per heavy atom. The van der Waals surface area contributed by atoms with Gasteiger partial charge in [0.2, 0.25) is 0 Å². The summed E-state index contributed by atoms with van der Waals surface area (Å²) in [6, 6.07) is 26.2. The average molecular weight is 1300 g/mol. The molecule has 2 N–H and O–H groups in total. The number of esters is 2. The molecule has 0 saturated carbocycles. The van der Waals surface area contributed by atoms with E-state index in [9.17, 15) is 46.5 Å². The third kappa shape index (κ3) is 23.0. The Bertz CT molecular complexity index is 3190. The molecule has 4 aromatic carbocycles. The molecule has 2 atom stereocenters. The van der Waals surface area contributed by atoms with Gasteiger partial charge in [-0.15, -0.1) is 0 Å². The van der Waals surface area contributed by atoms with Crippen LogP contribution in [0.25, 0.3) is 0 Å². The molecule has 4 aromatic rings. The zero-order chi connectivity index (χ0) is 65.6. The van der Waals surface area contributed by atoms with Gasteiger partial charge in [-0.2, -0.15) is 48.6 Å². The summed E-state index contributed by atoms with van der Waals surface area (Å²) in [6.45, 7) is 14.6. The molecule has 0 radical (unpaired) electrons. The maximum Gasteiger partial charge on any atom is 0.416 e. The second-order valence-electron chi connectivity index (χ2n) is 22.6. The van der Waals surface area contributed by atoms with Gasteiger partial charge in [0.05, 0.1) is 64.2 Å². The van der Waals surface area contributed by atoms with Crippen LogP contribution in [0.3, 0.4) is 0 Å². The quantitative estimate of drug-likeness (QED) is 0.0189. The number of alkyl halides is 6. The predicted octanol–water partition coefficient (Wildman–Crippen LogP) is 16.7. The molecule has 0 fully saturated rings. The van der Waals surface area contributed by atoms with Crippen LogP contribution in [0.4, 0.5) is 37.7 Å². The fraction of sp³-hybridized carbons (Fsp3) is 0.486. The fourth-order valence-electron chi connectivity index (χ4n) is 11.0. The zero-order valence-electron chi connectivity index (χ0n) is 52.9. The Morgan fingerprint density at radius 2 is 1.05 bits per heavy atom. The van der Waals surface area contributed by atoms with E-state index in [0.29, 0.717) is 56.2 Å². The van der Waals surface area contributed by atoms with Crippen molar-refractivity contribution in [3.8, 4) is 12.1 Å². The first-order valence-corrected chi connectivity index (χ1v) is 33.8. The standard InChI is InChI=1S/C70H87F6N9O4S2/c1-6-88-66(86)62-51(3)84(59-28-24-26-57(46-59)69(71,72)73)61(81-64(62)55-34-30-53(48-77)31-35-55)50-90-44-22-18-14-10-8-12-16-20-38-79-40-42-83(5)43-41-80-39-21-17-13-9-11-15-19-23-45-91-68-82-65(56-36-32-54(49-78)33-37-56)63(67(87)89-7-2)52(4)85(68)60-29-25-27-58(47-60)70(74,75)76/h6,24-37,46-47,64-65,79-80H,1,7-23,38-45,50H2,2-5H3. The minimum absolute atomic E-state index is 0.115. The lowest BCUT2D eigenvalue weighted by molar-refractivity contribution is -0.139. The molecule has 91 heavy (non-hydrogen) atoms. The molecule has 0 spiro atoms. The Morgan fingerprint density at radius 1 is 0.615 bits per heavy atom. The number of allylic oxidation sites excluding steroid dienone is 2. The normalized spacial score (nSPS) is 15.4. The second-order valence-corrected chi connectivity index (χ2v) is 24.8. The summed E-state index contributed by atoms with van der Waals surface area (Å²) < 4.78 is 94.1.